The number of nitrogens with zero attached hydrogens (tertiary/aromatic N) is 3. The third kappa shape index (κ3) is 5.85. The van der Waals surface area contributed by atoms with E-state index in [9.17, 15) is 23.3 Å². The quantitative estimate of drug-likeness (QED) is 0.466. The normalized spacial score (nSPS) is 19.7. The smallest absolute Gasteiger partial charge is 0.270 e. The van der Waals surface area contributed by atoms with Crippen LogP contribution >= 0.6 is 0 Å². The number of likely N-dealkylation sites (tertiary alicyclic amines) is 1. The van der Waals surface area contributed by atoms with E-state index >= 15 is 0 Å². The van der Waals surface area contributed by atoms with Gasteiger partial charge in [-0.3, -0.25) is 14.9 Å². The van der Waals surface area contributed by atoms with Gasteiger partial charge in [-0.05, 0) is 51.1 Å². The number of piperidine rings is 2. The number of nitrogens with one attached hydrogen (secondary N) is 1. The summed E-state index contributed by atoms with van der Waals surface area (Å²) in [6, 6.07) is 4.07. The highest BCUT2D eigenvalue weighted by molar-refractivity contribution is 7.89. The van der Waals surface area contributed by atoms with Gasteiger partial charge < -0.3 is 10.2 Å². The van der Waals surface area contributed by atoms with E-state index in [-0.39, 0.29) is 41.5 Å². The zero-order chi connectivity index (χ0) is 23.3. The molecule has 0 bridgehead atoms. The molecule has 9 nitrogen and oxygen atoms in total. The van der Waals surface area contributed by atoms with Crippen molar-refractivity contribution in [3.8, 4) is 0 Å². The predicted molar refractivity (Wildman–Crippen MR) is 122 cm³/mol. The molecule has 0 atom stereocenters. The molecule has 0 aliphatic carbocycles. The second-order valence-corrected chi connectivity index (χ2v) is 10.8. The molecule has 1 N–H and O–H groups in total. The van der Waals surface area contributed by atoms with Crippen molar-refractivity contribution in [3.05, 3.63) is 33.9 Å². The highest BCUT2D eigenvalue weighted by Gasteiger charge is 2.34. The molecule has 0 radical (unpaired) electrons. The molecular formula is C22H34N4O5S. The van der Waals surface area contributed by atoms with Crippen LogP contribution in [-0.2, 0) is 14.8 Å². The third-order valence-corrected chi connectivity index (χ3v) is 8.63. The van der Waals surface area contributed by atoms with E-state index < -0.39 is 14.9 Å². The molecule has 2 saturated heterocycles. The number of hydrogen-bond acceptors (Lipinski definition) is 6. The number of amides is 1. The zero-order valence-corrected chi connectivity index (χ0v) is 19.8. The number of carbonyl (C=O) groups is 1. The minimum Gasteiger partial charge on any atom is -0.353 e. The number of aryl methyl sites for hydroxylation is 1. The second kappa shape index (κ2) is 10.7. The molecule has 1 aromatic carbocycles. The van der Waals surface area contributed by atoms with E-state index in [0.29, 0.717) is 18.4 Å². The van der Waals surface area contributed by atoms with E-state index in [4.69, 9.17) is 0 Å². The van der Waals surface area contributed by atoms with Crippen molar-refractivity contribution in [3.63, 3.8) is 0 Å². The monoisotopic (exact) mass is 466 g/mol. The predicted octanol–water partition coefficient (Wildman–Crippen LogP) is 2.68. The molecule has 3 rings (SSSR count). The van der Waals surface area contributed by atoms with Crippen LogP contribution in [-0.4, -0.2) is 67.2 Å². The molecule has 2 fully saturated rings. The Labute approximate surface area is 190 Å². The first-order valence-electron chi connectivity index (χ1n) is 11.5. The van der Waals surface area contributed by atoms with Gasteiger partial charge >= 0.3 is 0 Å². The summed E-state index contributed by atoms with van der Waals surface area (Å²) in [5, 5.41) is 14.2. The first kappa shape index (κ1) is 24.6. The van der Waals surface area contributed by atoms with Crippen molar-refractivity contribution in [2.45, 2.75) is 63.3 Å². The summed E-state index contributed by atoms with van der Waals surface area (Å²) in [5.74, 6) is -0.189. The fourth-order valence-electron chi connectivity index (χ4n) is 4.48. The van der Waals surface area contributed by atoms with Crippen LogP contribution in [0.5, 0.6) is 0 Å². The Morgan fingerprint density at radius 1 is 1.16 bits per heavy atom. The van der Waals surface area contributed by atoms with Gasteiger partial charge in [0.15, 0.2) is 0 Å². The number of nitro groups is 1. The minimum atomic E-state index is -3.85. The van der Waals surface area contributed by atoms with Crippen LogP contribution in [0.1, 0.15) is 51.0 Å². The van der Waals surface area contributed by atoms with Crippen molar-refractivity contribution in [2.24, 2.45) is 5.92 Å². The molecule has 32 heavy (non-hydrogen) atoms. The minimum absolute atomic E-state index is 0.0144. The Kier molecular flexibility index (Phi) is 8.24. The lowest BCUT2D eigenvalue weighted by molar-refractivity contribution is -0.385. The lowest BCUT2D eigenvalue weighted by Gasteiger charge is -2.34. The molecular weight excluding hydrogens is 432 g/mol. The summed E-state index contributed by atoms with van der Waals surface area (Å²) in [5.41, 5.74) is 0.227. The highest BCUT2D eigenvalue weighted by atomic mass is 32.2. The Morgan fingerprint density at radius 3 is 2.41 bits per heavy atom. The van der Waals surface area contributed by atoms with Crippen molar-refractivity contribution in [2.75, 3.05) is 32.7 Å². The summed E-state index contributed by atoms with van der Waals surface area (Å²) in [6.45, 7) is 7.41. The fraction of sp³-hybridized carbons (Fsp3) is 0.682. The standard InChI is InChI=1S/C22H34N4O5S/c1-3-4-11-24-12-9-19(10-13-24)23-22(27)18-7-14-25(15-8-18)32(30,31)21-16-20(26(28)29)6-5-17(21)2/h5-6,16,18-19H,3-4,7-15H2,1-2H3,(H,23,27). The maximum atomic E-state index is 13.1. The van der Waals surface area contributed by atoms with Crippen LogP contribution in [0.4, 0.5) is 5.69 Å². The van der Waals surface area contributed by atoms with Crippen LogP contribution in [0.3, 0.4) is 0 Å². The fourth-order valence-corrected chi connectivity index (χ4v) is 6.19. The third-order valence-electron chi connectivity index (χ3n) is 6.59. The van der Waals surface area contributed by atoms with Crippen LogP contribution in [0, 0.1) is 23.0 Å². The molecule has 0 saturated carbocycles. The largest absolute Gasteiger partial charge is 0.353 e. The van der Waals surface area contributed by atoms with Gasteiger partial charge in [-0.15, -0.1) is 0 Å². The summed E-state index contributed by atoms with van der Waals surface area (Å²) in [4.78, 5) is 25.6. The summed E-state index contributed by atoms with van der Waals surface area (Å²) >= 11 is 0. The molecule has 1 aromatic rings. The maximum Gasteiger partial charge on any atom is 0.270 e. The van der Waals surface area contributed by atoms with Crippen molar-refractivity contribution in [1.29, 1.82) is 0 Å². The molecule has 0 unspecified atom stereocenters. The average molecular weight is 467 g/mol. The number of non-ortho nitro benzene ring substituents is 1. The molecule has 0 spiro atoms. The van der Waals surface area contributed by atoms with E-state index in [1.807, 2.05) is 0 Å². The molecule has 2 aliphatic rings. The van der Waals surface area contributed by atoms with Gasteiger partial charge in [-0.1, -0.05) is 19.4 Å². The van der Waals surface area contributed by atoms with Gasteiger partial charge in [0, 0.05) is 50.3 Å². The average Bonchev–Trinajstić information content (AvgIpc) is 2.78. The summed E-state index contributed by atoms with van der Waals surface area (Å²) < 4.78 is 27.5. The number of unbranched alkanes of at least 4 members (excludes halogenated alkanes) is 1. The topological polar surface area (TPSA) is 113 Å². The second-order valence-electron chi connectivity index (χ2n) is 8.86. The Balaban J connectivity index is 1.53. The number of sulfonamides is 1. The molecule has 10 heteroatoms. The number of benzene rings is 1. The number of carbonyl (C=O) groups excluding carboxylic acids is 1. The van der Waals surface area contributed by atoms with E-state index in [1.165, 1.54) is 29.3 Å². The van der Waals surface area contributed by atoms with Gasteiger partial charge in [0.1, 0.15) is 0 Å². The first-order chi connectivity index (χ1) is 15.2. The Bertz CT molecular complexity index is 920. The van der Waals surface area contributed by atoms with Crippen LogP contribution in [0.15, 0.2) is 23.1 Å². The van der Waals surface area contributed by atoms with Gasteiger partial charge in [-0.2, -0.15) is 4.31 Å². The molecule has 2 heterocycles. The van der Waals surface area contributed by atoms with Crippen LogP contribution < -0.4 is 5.32 Å². The zero-order valence-electron chi connectivity index (χ0n) is 19.0. The van der Waals surface area contributed by atoms with Gasteiger partial charge in [0.2, 0.25) is 15.9 Å². The van der Waals surface area contributed by atoms with Crippen LogP contribution in [0.2, 0.25) is 0 Å². The molecule has 0 aromatic heterocycles. The number of hydrogen-bond donors (Lipinski definition) is 1. The number of rotatable bonds is 8. The van der Waals surface area contributed by atoms with Gasteiger partial charge in [-0.25, -0.2) is 8.42 Å². The Hall–Kier alpha value is -2.04. The SMILES string of the molecule is CCCCN1CCC(NC(=O)C2CCN(S(=O)(=O)c3cc([N+](=O)[O-])ccc3C)CC2)CC1. The molecule has 2 aliphatic heterocycles. The molecule has 1 amide bonds. The molecule has 178 valence electrons. The lowest BCUT2D eigenvalue weighted by Crippen LogP contribution is -2.48. The van der Waals surface area contributed by atoms with Gasteiger partial charge in [0.25, 0.3) is 5.69 Å². The first-order valence-corrected chi connectivity index (χ1v) is 12.9. The summed E-state index contributed by atoms with van der Waals surface area (Å²) in [7, 11) is -3.85. The van der Waals surface area contributed by atoms with Crippen molar-refractivity contribution in [1.82, 2.24) is 14.5 Å². The highest BCUT2D eigenvalue weighted by Crippen LogP contribution is 2.28. The Morgan fingerprint density at radius 2 is 1.81 bits per heavy atom. The summed E-state index contributed by atoms with van der Waals surface area (Å²) in [6.07, 6.45) is 5.20. The maximum absolute atomic E-state index is 13.1. The van der Waals surface area contributed by atoms with E-state index in [0.717, 1.165) is 38.5 Å². The number of nitro benzene ring substituents is 1. The lowest BCUT2D eigenvalue weighted by atomic mass is 9.96. The van der Waals surface area contributed by atoms with Crippen molar-refractivity contribution >= 4 is 21.6 Å². The van der Waals surface area contributed by atoms with E-state index in [1.54, 1.807) is 6.92 Å². The van der Waals surface area contributed by atoms with E-state index in [2.05, 4.69) is 17.1 Å². The van der Waals surface area contributed by atoms with Gasteiger partial charge in [0.05, 0.1) is 9.82 Å². The van der Waals surface area contributed by atoms with Crippen LogP contribution in [0.25, 0.3) is 0 Å². The van der Waals surface area contributed by atoms with Crippen molar-refractivity contribution < 1.29 is 18.1 Å².